The number of para-hydroxylation sites is 2. The van der Waals surface area contributed by atoms with E-state index in [0.29, 0.717) is 0 Å². The Bertz CT molecular complexity index is 2650. The molecule has 3 nitrogen and oxygen atoms in total. The maximum absolute atomic E-state index is 4.17. The maximum Gasteiger partial charge on any atom is 0.0619 e. The first-order chi connectivity index (χ1) is 26.8. The van der Waals surface area contributed by atoms with E-state index in [-0.39, 0.29) is 0 Å². The topological polar surface area (TPSA) is 21.1 Å². The summed E-state index contributed by atoms with van der Waals surface area (Å²) in [5, 5.41) is 1.22. The molecular formula is C51H37N3. The van der Waals surface area contributed by atoms with Crippen LogP contribution in [-0.2, 0) is 0 Å². The number of hydrogen-bond acceptors (Lipinski definition) is 2. The number of fused-ring (bicyclic) bond motifs is 1. The van der Waals surface area contributed by atoms with E-state index in [4.69, 9.17) is 0 Å². The van der Waals surface area contributed by atoms with Gasteiger partial charge in [-0.25, -0.2) is 0 Å². The van der Waals surface area contributed by atoms with E-state index in [1.54, 1.807) is 0 Å². The van der Waals surface area contributed by atoms with E-state index in [9.17, 15) is 0 Å². The van der Waals surface area contributed by atoms with Gasteiger partial charge in [-0.2, -0.15) is 0 Å². The zero-order valence-corrected chi connectivity index (χ0v) is 29.7. The fraction of sp³-hybridized carbons (Fsp3) is 0. The van der Waals surface area contributed by atoms with Crippen LogP contribution in [0.25, 0.3) is 62.3 Å². The number of anilines is 3. The Hall–Kier alpha value is -7.23. The molecule has 0 amide bonds. The summed E-state index contributed by atoms with van der Waals surface area (Å²) in [4.78, 5) is 6.47. The van der Waals surface area contributed by atoms with Crippen LogP contribution in [0.15, 0.2) is 213 Å². The van der Waals surface area contributed by atoms with Crippen molar-refractivity contribution in [2.45, 2.75) is 0 Å². The molecule has 0 atom stereocenters. The summed E-state index contributed by atoms with van der Waals surface area (Å²) >= 11 is 0. The van der Waals surface area contributed by atoms with Crippen LogP contribution in [0, 0.1) is 0 Å². The van der Waals surface area contributed by atoms with Crippen LogP contribution < -0.4 is 4.90 Å². The number of pyridine rings is 1. The van der Waals surface area contributed by atoms with E-state index >= 15 is 0 Å². The van der Waals surface area contributed by atoms with E-state index in [0.717, 1.165) is 45.0 Å². The first-order valence-corrected chi connectivity index (χ1v) is 18.3. The van der Waals surface area contributed by atoms with Gasteiger partial charge >= 0.3 is 0 Å². The van der Waals surface area contributed by atoms with Gasteiger partial charge in [0.25, 0.3) is 0 Å². The quantitative estimate of drug-likeness (QED) is 0.141. The average Bonchev–Trinajstić information content (AvgIpc) is 3.60. The molecule has 9 rings (SSSR count). The van der Waals surface area contributed by atoms with Crippen molar-refractivity contribution in [3.05, 3.63) is 224 Å². The molecule has 0 fully saturated rings. The fourth-order valence-corrected chi connectivity index (χ4v) is 7.32. The minimum atomic E-state index is 1.10. The summed E-state index contributed by atoms with van der Waals surface area (Å²) in [5.74, 6) is 0. The van der Waals surface area contributed by atoms with Crippen LogP contribution in [0.2, 0.25) is 0 Å². The highest BCUT2D eigenvalue weighted by Crippen LogP contribution is 2.43. The number of nitrogens with zero attached hydrogens (tertiary/aromatic N) is 3. The molecule has 0 N–H and O–H groups in total. The van der Waals surface area contributed by atoms with Crippen molar-refractivity contribution in [2.24, 2.45) is 0 Å². The van der Waals surface area contributed by atoms with Crippen molar-refractivity contribution >= 4 is 40.1 Å². The lowest BCUT2D eigenvalue weighted by molar-refractivity contribution is 1.13. The van der Waals surface area contributed by atoms with Crippen LogP contribution in [0.1, 0.15) is 11.1 Å². The molecule has 0 bridgehead atoms. The summed E-state index contributed by atoms with van der Waals surface area (Å²) in [6.07, 6.45) is 8.09. The van der Waals surface area contributed by atoms with Crippen molar-refractivity contribution in [1.82, 2.24) is 9.55 Å². The van der Waals surface area contributed by atoms with Crippen molar-refractivity contribution in [3.63, 3.8) is 0 Å². The van der Waals surface area contributed by atoms with Gasteiger partial charge in [-0.15, -0.1) is 0 Å². The number of rotatable bonds is 9. The smallest absolute Gasteiger partial charge is 0.0619 e. The average molecular weight is 692 g/mol. The van der Waals surface area contributed by atoms with E-state index in [2.05, 4.69) is 215 Å². The Labute approximate surface area is 316 Å². The Morgan fingerprint density at radius 2 is 0.907 bits per heavy atom. The zero-order valence-electron chi connectivity index (χ0n) is 29.7. The van der Waals surface area contributed by atoms with Crippen molar-refractivity contribution in [2.75, 3.05) is 4.90 Å². The van der Waals surface area contributed by atoms with Gasteiger partial charge in [-0.05, 0) is 106 Å². The predicted molar refractivity (Wildman–Crippen MR) is 227 cm³/mol. The van der Waals surface area contributed by atoms with Gasteiger partial charge in [0.05, 0.1) is 11.2 Å². The highest BCUT2D eigenvalue weighted by Gasteiger charge is 2.21. The molecule has 0 spiro atoms. The largest absolute Gasteiger partial charge is 0.311 e. The van der Waals surface area contributed by atoms with Gasteiger partial charge in [0, 0.05) is 46.1 Å². The lowest BCUT2D eigenvalue weighted by atomic mass is 9.97. The minimum absolute atomic E-state index is 1.10. The summed E-state index contributed by atoms with van der Waals surface area (Å²) in [5.41, 5.74) is 15.0. The molecule has 9 aromatic rings. The van der Waals surface area contributed by atoms with Gasteiger partial charge < -0.3 is 9.47 Å². The van der Waals surface area contributed by atoms with Crippen molar-refractivity contribution in [1.29, 1.82) is 0 Å². The monoisotopic (exact) mass is 691 g/mol. The standard InChI is InChI=1S/C51H37N3/c1-5-13-42(14-6-1)50-48-37-39(25-32-49(48)54(45-19-11-4-12-20-45)51(50)43-15-7-2-8-16-43)22-21-38-23-28-46(29-24-38)53(44-17-9-3-10-18-44)47-30-26-40(27-31-47)41-33-35-52-36-34-41/h1-37H. The van der Waals surface area contributed by atoms with Gasteiger partial charge in [-0.1, -0.05) is 140 Å². The number of hydrogen-bond donors (Lipinski definition) is 0. The Morgan fingerprint density at radius 3 is 1.56 bits per heavy atom. The number of aromatic nitrogens is 2. The highest BCUT2D eigenvalue weighted by molar-refractivity contribution is 6.06. The SMILES string of the molecule is C(=Cc1ccc2c(c1)c(-c1ccccc1)c(-c1ccccc1)n2-c1ccccc1)c1ccc(N(c2ccccc2)c2ccc(-c3ccncc3)cc2)cc1. The maximum atomic E-state index is 4.17. The van der Waals surface area contributed by atoms with Gasteiger partial charge in [0.2, 0.25) is 0 Å². The molecule has 0 aliphatic heterocycles. The molecule has 3 heteroatoms. The molecule has 0 aliphatic carbocycles. The van der Waals surface area contributed by atoms with Crippen LogP contribution in [0.3, 0.4) is 0 Å². The summed E-state index contributed by atoms with van der Waals surface area (Å²) < 4.78 is 2.41. The molecule has 2 heterocycles. The Morgan fingerprint density at radius 1 is 0.407 bits per heavy atom. The lowest BCUT2D eigenvalue weighted by Crippen LogP contribution is -2.09. The van der Waals surface area contributed by atoms with Crippen LogP contribution in [-0.4, -0.2) is 9.55 Å². The summed E-state index contributed by atoms with van der Waals surface area (Å²) in [6.45, 7) is 0. The van der Waals surface area contributed by atoms with Crippen LogP contribution in [0.5, 0.6) is 0 Å². The predicted octanol–water partition coefficient (Wildman–Crippen LogP) is 13.7. The normalized spacial score (nSPS) is 11.3. The second-order valence-corrected chi connectivity index (χ2v) is 13.3. The van der Waals surface area contributed by atoms with E-state index in [1.807, 2.05) is 24.5 Å². The third-order valence-electron chi connectivity index (χ3n) is 9.89. The fourth-order valence-electron chi connectivity index (χ4n) is 7.32. The van der Waals surface area contributed by atoms with Crippen molar-refractivity contribution in [3.8, 4) is 39.2 Å². The van der Waals surface area contributed by atoms with Gasteiger partial charge in [0.15, 0.2) is 0 Å². The molecule has 2 aromatic heterocycles. The second-order valence-electron chi connectivity index (χ2n) is 13.3. The third-order valence-corrected chi connectivity index (χ3v) is 9.89. The Kier molecular flexibility index (Phi) is 8.94. The zero-order chi connectivity index (χ0) is 36.1. The minimum Gasteiger partial charge on any atom is -0.311 e. The van der Waals surface area contributed by atoms with Gasteiger partial charge in [-0.3, -0.25) is 4.98 Å². The second kappa shape index (κ2) is 14.8. The molecule has 0 saturated heterocycles. The molecule has 54 heavy (non-hydrogen) atoms. The first-order valence-electron chi connectivity index (χ1n) is 18.3. The van der Waals surface area contributed by atoms with E-state index in [1.165, 1.54) is 33.3 Å². The highest BCUT2D eigenvalue weighted by atomic mass is 15.1. The summed E-state index contributed by atoms with van der Waals surface area (Å²) in [7, 11) is 0. The molecule has 256 valence electrons. The third kappa shape index (κ3) is 6.51. The molecule has 0 aliphatic rings. The van der Waals surface area contributed by atoms with Crippen LogP contribution in [0.4, 0.5) is 17.1 Å². The summed E-state index contributed by atoms with van der Waals surface area (Å²) in [6, 6.07) is 71.1. The molecule has 0 unspecified atom stereocenters. The molecule has 0 saturated carbocycles. The Balaban J connectivity index is 1.08. The molecule has 0 radical (unpaired) electrons. The molecule has 7 aromatic carbocycles. The van der Waals surface area contributed by atoms with Gasteiger partial charge in [0.1, 0.15) is 0 Å². The lowest BCUT2D eigenvalue weighted by Gasteiger charge is -2.25. The van der Waals surface area contributed by atoms with Crippen LogP contribution >= 0.6 is 0 Å². The van der Waals surface area contributed by atoms with Crippen molar-refractivity contribution < 1.29 is 0 Å². The first kappa shape index (κ1) is 32.7. The molecular weight excluding hydrogens is 655 g/mol. The van der Waals surface area contributed by atoms with E-state index < -0.39 is 0 Å². The number of benzene rings is 7.